The first kappa shape index (κ1) is 27.4. The van der Waals surface area contributed by atoms with Crippen LogP contribution < -0.4 is 20.3 Å². The topological polar surface area (TPSA) is 99.7 Å². The highest BCUT2D eigenvalue weighted by Gasteiger charge is 2.49. The zero-order valence-corrected chi connectivity index (χ0v) is 22.2. The largest absolute Gasteiger partial charge is 0.489 e. The molecule has 0 spiro atoms. The van der Waals surface area contributed by atoms with E-state index in [4.69, 9.17) is 4.74 Å². The van der Waals surface area contributed by atoms with Crippen molar-refractivity contribution < 1.29 is 23.1 Å². The second-order valence-corrected chi connectivity index (χ2v) is 10.7. The average Bonchev–Trinajstić information content (AvgIpc) is 3.48. The molecule has 4 atom stereocenters. The van der Waals surface area contributed by atoms with Gasteiger partial charge in [0.05, 0.1) is 18.1 Å². The third kappa shape index (κ3) is 5.62. The smallest absolute Gasteiger partial charge is 0.246 e. The second-order valence-electron chi connectivity index (χ2n) is 10.7. The van der Waals surface area contributed by atoms with Crippen molar-refractivity contribution in [3.63, 3.8) is 0 Å². The normalized spacial score (nSPS) is 20.6. The van der Waals surface area contributed by atoms with Gasteiger partial charge in [-0.2, -0.15) is 0 Å². The van der Waals surface area contributed by atoms with Crippen LogP contribution >= 0.6 is 0 Å². The lowest BCUT2D eigenvalue weighted by atomic mass is 9.85. The average molecular weight is 529 g/mol. The molecule has 0 aliphatic carbocycles. The molecule has 1 aromatic carbocycles. The Bertz CT molecular complexity index is 1200. The van der Waals surface area contributed by atoms with Crippen LogP contribution in [0.25, 0.3) is 0 Å². The maximum absolute atomic E-state index is 14.0. The van der Waals surface area contributed by atoms with Crippen molar-refractivity contribution in [3.8, 4) is 5.75 Å². The molecule has 0 bridgehead atoms. The highest BCUT2D eigenvalue weighted by Crippen LogP contribution is 2.38. The highest BCUT2D eigenvalue weighted by molar-refractivity contribution is 5.91. The number of carbonyl (C=O) groups is 2. The lowest BCUT2D eigenvalue weighted by Gasteiger charge is -2.36. The molecule has 2 amide bonds. The van der Waals surface area contributed by atoms with Gasteiger partial charge < -0.3 is 25.2 Å². The van der Waals surface area contributed by atoms with Gasteiger partial charge in [-0.3, -0.25) is 9.59 Å². The predicted molar refractivity (Wildman–Crippen MR) is 138 cm³/mol. The van der Waals surface area contributed by atoms with Gasteiger partial charge in [0.25, 0.3) is 0 Å². The lowest BCUT2D eigenvalue weighted by Crippen LogP contribution is -2.58. The molecule has 2 aliphatic rings. The van der Waals surface area contributed by atoms with Crippen molar-refractivity contribution in [1.29, 1.82) is 0 Å². The van der Waals surface area contributed by atoms with Crippen molar-refractivity contribution in [2.24, 2.45) is 5.41 Å². The molecule has 11 heteroatoms. The SMILES string of the molecule is CNC(C)C(=O)NC(C(=O)N1CCC2C1C(COc1ccc(F)c(F)c1)=CN2c1ncccn1)C(C)(C)C. The fraction of sp³-hybridized carbons (Fsp3) is 0.481. The lowest BCUT2D eigenvalue weighted by molar-refractivity contribution is -0.140. The molecule has 2 N–H and O–H groups in total. The summed E-state index contributed by atoms with van der Waals surface area (Å²) in [5.41, 5.74) is 0.214. The number of carbonyl (C=O) groups excluding carboxylic acids is 2. The molecule has 204 valence electrons. The molecule has 0 radical (unpaired) electrons. The Kier molecular flexibility index (Phi) is 7.96. The van der Waals surface area contributed by atoms with E-state index in [-0.39, 0.29) is 36.3 Å². The Labute approximate surface area is 221 Å². The van der Waals surface area contributed by atoms with E-state index in [0.29, 0.717) is 18.9 Å². The van der Waals surface area contributed by atoms with Crippen LogP contribution in [0.4, 0.5) is 14.7 Å². The first-order chi connectivity index (χ1) is 18.0. The van der Waals surface area contributed by atoms with Gasteiger partial charge >= 0.3 is 0 Å². The van der Waals surface area contributed by atoms with Crippen molar-refractivity contribution in [2.45, 2.75) is 58.3 Å². The molecule has 2 aromatic rings. The van der Waals surface area contributed by atoms with Crippen LogP contribution in [0.1, 0.15) is 34.1 Å². The number of hydrogen-bond acceptors (Lipinski definition) is 7. The summed E-state index contributed by atoms with van der Waals surface area (Å²) >= 11 is 0. The van der Waals surface area contributed by atoms with Crippen LogP contribution in [-0.4, -0.2) is 71.0 Å². The van der Waals surface area contributed by atoms with E-state index in [1.165, 1.54) is 6.07 Å². The molecule has 9 nitrogen and oxygen atoms in total. The summed E-state index contributed by atoms with van der Waals surface area (Å²) in [6, 6.07) is 3.34. The van der Waals surface area contributed by atoms with Gasteiger partial charge in [0, 0.05) is 36.8 Å². The number of likely N-dealkylation sites (N-methyl/N-ethyl adjacent to an activating group) is 1. The zero-order valence-electron chi connectivity index (χ0n) is 22.2. The van der Waals surface area contributed by atoms with E-state index >= 15 is 0 Å². The number of rotatable bonds is 8. The summed E-state index contributed by atoms with van der Waals surface area (Å²) < 4.78 is 33.0. The summed E-state index contributed by atoms with van der Waals surface area (Å²) in [5.74, 6) is -1.76. The van der Waals surface area contributed by atoms with E-state index in [9.17, 15) is 18.4 Å². The van der Waals surface area contributed by atoms with E-state index in [2.05, 4.69) is 20.6 Å². The molecule has 3 heterocycles. The summed E-state index contributed by atoms with van der Waals surface area (Å²) in [5, 5.41) is 5.84. The number of anilines is 1. The third-order valence-electron chi connectivity index (χ3n) is 7.00. The predicted octanol–water partition coefficient (Wildman–Crippen LogP) is 2.65. The van der Waals surface area contributed by atoms with Gasteiger partial charge in [-0.1, -0.05) is 20.8 Å². The molecule has 1 fully saturated rings. The van der Waals surface area contributed by atoms with E-state index in [0.717, 1.165) is 17.7 Å². The van der Waals surface area contributed by atoms with E-state index in [1.54, 1.807) is 37.3 Å². The molecule has 1 saturated heterocycles. The minimum Gasteiger partial charge on any atom is -0.489 e. The molecule has 1 aromatic heterocycles. The van der Waals surface area contributed by atoms with Gasteiger partial charge in [-0.05, 0) is 44.0 Å². The highest BCUT2D eigenvalue weighted by atomic mass is 19.2. The van der Waals surface area contributed by atoms with Gasteiger partial charge in [0.1, 0.15) is 18.4 Å². The number of amides is 2. The second kappa shape index (κ2) is 11.0. The van der Waals surface area contributed by atoms with Crippen molar-refractivity contribution in [3.05, 3.63) is 60.1 Å². The fourth-order valence-electron chi connectivity index (χ4n) is 4.81. The molecule has 0 saturated carbocycles. The van der Waals surface area contributed by atoms with E-state index in [1.807, 2.05) is 31.9 Å². The number of nitrogens with zero attached hydrogens (tertiary/aromatic N) is 4. The Morgan fingerprint density at radius 3 is 2.53 bits per heavy atom. The van der Waals surface area contributed by atoms with Gasteiger partial charge in [0.15, 0.2) is 11.6 Å². The summed E-state index contributed by atoms with van der Waals surface area (Å²) in [7, 11) is 1.69. The number of hydrogen-bond donors (Lipinski definition) is 2. The Balaban J connectivity index is 1.62. The van der Waals surface area contributed by atoms with Gasteiger partial charge in [0.2, 0.25) is 17.8 Å². The standard InChI is InChI=1S/C27H34F2N6O3/c1-16(30-5)24(36)33-23(27(2,3)4)25(37)34-12-9-21-22(34)17(14-35(21)26-31-10-6-11-32-26)15-38-18-7-8-19(28)20(29)13-18/h6-8,10-11,13-14,16,21-23,30H,9,12,15H2,1-5H3,(H,33,36). The van der Waals surface area contributed by atoms with Crippen LogP contribution in [0, 0.1) is 17.0 Å². The molecular weight excluding hydrogens is 494 g/mol. The first-order valence-electron chi connectivity index (χ1n) is 12.6. The number of fused-ring (bicyclic) bond motifs is 1. The number of aromatic nitrogens is 2. The van der Waals surface area contributed by atoms with Crippen molar-refractivity contribution in [1.82, 2.24) is 25.5 Å². The number of ether oxygens (including phenoxy) is 1. The minimum atomic E-state index is -1.00. The maximum atomic E-state index is 14.0. The Morgan fingerprint density at radius 2 is 1.89 bits per heavy atom. The van der Waals surface area contributed by atoms with E-state index < -0.39 is 29.1 Å². The third-order valence-corrected chi connectivity index (χ3v) is 7.00. The summed E-state index contributed by atoms with van der Waals surface area (Å²) in [4.78, 5) is 39.2. The van der Waals surface area contributed by atoms with Gasteiger partial charge in [-0.25, -0.2) is 18.7 Å². The number of halogens is 2. The summed E-state index contributed by atoms with van der Waals surface area (Å²) in [6.07, 6.45) is 5.80. The van der Waals surface area contributed by atoms with Crippen LogP contribution in [0.15, 0.2) is 48.4 Å². The van der Waals surface area contributed by atoms with Crippen LogP contribution in [-0.2, 0) is 9.59 Å². The molecule has 38 heavy (non-hydrogen) atoms. The fourth-order valence-corrected chi connectivity index (χ4v) is 4.81. The number of benzene rings is 1. The number of nitrogens with one attached hydrogen (secondary N) is 2. The van der Waals surface area contributed by atoms with Gasteiger partial charge in [-0.15, -0.1) is 0 Å². The van der Waals surface area contributed by atoms with Crippen LogP contribution in [0.5, 0.6) is 5.75 Å². The number of likely N-dealkylation sites (tertiary alicyclic amines) is 1. The van der Waals surface area contributed by atoms with Crippen LogP contribution in [0.2, 0.25) is 0 Å². The maximum Gasteiger partial charge on any atom is 0.246 e. The van der Waals surface area contributed by atoms with Crippen molar-refractivity contribution >= 4 is 17.8 Å². The molecule has 4 unspecified atom stereocenters. The first-order valence-corrected chi connectivity index (χ1v) is 12.6. The molecule has 4 rings (SSSR count). The molecule has 2 aliphatic heterocycles. The quantitative estimate of drug-likeness (QED) is 0.544. The molecular formula is C27H34F2N6O3. The van der Waals surface area contributed by atoms with Crippen molar-refractivity contribution in [2.75, 3.05) is 25.1 Å². The Hall–Kier alpha value is -3.60. The van der Waals surface area contributed by atoms with Crippen LogP contribution in [0.3, 0.4) is 0 Å². The monoisotopic (exact) mass is 528 g/mol. The summed E-state index contributed by atoms with van der Waals surface area (Å²) in [6.45, 7) is 7.97. The zero-order chi connectivity index (χ0) is 27.6. The Morgan fingerprint density at radius 1 is 1.18 bits per heavy atom. The minimum absolute atomic E-state index is 0.0443.